The van der Waals surface area contributed by atoms with Crippen molar-refractivity contribution in [2.75, 3.05) is 11.9 Å². The molecule has 3 atom stereocenters. The molecule has 1 saturated heterocycles. The number of nitrogens with one attached hydrogen (secondary N) is 1. The molecule has 3 rings (SSSR count). The van der Waals surface area contributed by atoms with Crippen molar-refractivity contribution in [3.05, 3.63) is 29.8 Å². The number of rotatable bonds is 4. The zero-order chi connectivity index (χ0) is 17.3. The van der Waals surface area contributed by atoms with Crippen LogP contribution in [0, 0.1) is 11.8 Å². The van der Waals surface area contributed by atoms with Gasteiger partial charge < -0.3 is 15.3 Å². The standard InChI is InChI=1S/C18H22N2O4/c1-11-9-14(11)16(21)19-13-6-4-5-12(10-13)17(22)20-8-3-2-7-15(20)18(23)24/h4-6,10-11,14-15H,2-3,7-9H2,1H3,(H,19,21)(H,23,24)/t11?,14?,15-/m1/s1. The Morgan fingerprint density at radius 3 is 2.67 bits per heavy atom. The van der Waals surface area contributed by atoms with Crippen LogP contribution in [0.15, 0.2) is 24.3 Å². The molecular weight excluding hydrogens is 308 g/mol. The number of carboxylic acid groups (broad SMARTS) is 1. The summed E-state index contributed by atoms with van der Waals surface area (Å²) in [7, 11) is 0. The monoisotopic (exact) mass is 330 g/mol. The molecular formula is C18H22N2O4. The van der Waals surface area contributed by atoms with Gasteiger partial charge >= 0.3 is 5.97 Å². The minimum Gasteiger partial charge on any atom is -0.480 e. The maximum Gasteiger partial charge on any atom is 0.326 e. The minimum absolute atomic E-state index is 0.0199. The van der Waals surface area contributed by atoms with Gasteiger partial charge in [-0.15, -0.1) is 0 Å². The van der Waals surface area contributed by atoms with Gasteiger partial charge in [0.05, 0.1) is 0 Å². The van der Waals surface area contributed by atoms with Crippen molar-refractivity contribution < 1.29 is 19.5 Å². The number of anilines is 1. The largest absolute Gasteiger partial charge is 0.480 e. The number of hydrogen-bond donors (Lipinski definition) is 2. The SMILES string of the molecule is CC1CC1C(=O)Nc1cccc(C(=O)N2CCCC[C@@H]2C(=O)O)c1. The van der Waals surface area contributed by atoms with Gasteiger partial charge in [-0.05, 0) is 49.8 Å². The van der Waals surface area contributed by atoms with E-state index in [1.54, 1.807) is 24.3 Å². The molecule has 24 heavy (non-hydrogen) atoms. The van der Waals surface area contributed by atoms with Gasteiger partial charge in [0.1, 0.15) is 6.04 Å². The predicted octanol–water partition coefficient (Wildman–Crippen LogP) is 2.36. The first-order valence-electron chi connectivity index (χ1n) is 8.42. The number of aliphatic carboxylic acids is 1. The highest BCUT2D eigenvalue weighted by Gasteiger charge is 2.39. The fraction of sp³-hybridized carbons (Fsp3) is 0.500. The first kappa shape index (κ1) is 16.5. The molecule has 128 valence electrons. The number of benzene rings is 1. The Morgan fingerprint density at radius 1 is 1.25 bits per heavy atom. The molecule has 1 saturated carbocycles. The quantitative estimate of drug-likeness (QED) is 0.887. The van der Waals surface area contributed by atoms with Crippen molar-refractivity contribution in [1.82, 2.24) is 4.90 Å². The summed E-state index contributed by atoms with van der Waals surface area (Å²) in [6.45, 7) is 2.48. The molecule has 2 fully saturated rings. The Hall–Kier alpha value is -2.37. The molecule has 2 amide bonds. The fourth-order valence-corrected chi connectivity index (χ4v) is 3.25. The summed E-state index contributed by atoms with van der Waals surface area (Å²) in [4.78, 5) is 37.5. The third kappa shape index (κ3) is 3.42. The van der Waals surface area contributed by atoms with Crippen molar-refractivity contribution in [3.8, 4) is 0 Å². The first-order valence-corrected chi connectivity index (χ1v) is 8.42. The van der Waals surface area contributed by atoms with Crippen molar-refractivity contribution in [2.45, 2.75) is 38.6 Å². The highest BCUT2D eigenvalue weighted by molar-refractivity contribution is 5.99. The topological polar surface area (TPSA) is 86.7 Å². The molecule has 2 N–H and O–H groups in total. The zero-order valence-electron chi connectivity index (χ0n) is 13.7. The molecule has 6 heteroatoms. The van der Waals surface area contributed by atoms with Gasteiger partial charge in [-0.1, -0.05) is 13.0 Å². The molecule has 1 heterocycles. The van der Waals surface area contributed by atoms with Crippen LogP contribution < -0.4 is 5.32 Å². The Balaban J connectivity index is 1.73. The number of nitrogens with zero attached hydrogens (tertiary/aromatic N) is 1. The van der Waals surface area contributed by atoms with Gasteiger partial charge in [-0.3, -0.25) is 9.59 Å². The summed E-state index contributed by atoms with van der Waals surface area (Å²) in [6, 6.07) is 5.97. The molecule has 2 aliphatic rings. The number of carboxylic acids is 1. The normalized spacial score (nSPS) is 25.9. The highest BCUT2D eigenvalue weighted by atomic mass is 16.4. The molecule has 0 bridgehead atoms. The Bertz CT molecular complexity index is 673. The molecule has 2 unspecified atom stereocenters. The molecule has 0 aromatic heterocycles. The van der Waals surface area contributed by atoms with E-state index in [2.05, 4.69) is 5.32 Å². The van der Waals surface area contributed by atoms with Gasteiger partial charge in [0.2, 0.25) is 5.91 Å². The van der Waals surface area contributed by atoms with Gasteiger partial charge in [-0.25, -0.2) is 4.79 Å². The van der Waals surface area contributed by atoms with Crippen LogP contribution in [-0.4, -0.2) is 40.4 Å². The highest BCUT2D eigenvalue weighted by Crippen LogP contribution is 2.38. The van der Waals surface area contributed by atoms with Crippen LogP contribution in [0.2, 0.25) is 0 Å². The lowest BCUT2D eigenvalue weighted by atomic mass is 10.0. The smallest absolute Gasteiger partial charge is 0.326 e. The Kier molecular flexibility index (Phi) is 4.55. The van der Waals surface area contributed by atoms with Gasteiger partial charge in [0, 0.05) is 23.7 Å². The van der Waals surface area contributed by atoms with E-state index in [1.165, 1.54) is 4.90 Å². The van der Waals surface area contributed by atoms with Crippen LogP contribution in [-0.2, 0) is 9.59 Å². The van der Waals surface area contributed by atoms with Crippen LogP contribution in [0.3, 0.4) is 0 Å². The maximum absolute atomic E-state index is 12.7. The van der Waals surface area contributed by atoms with E-state index in [1.807, 2.05) is 6.92 Å². The summed E-state index contributed by atoms with van der Waals surface area (Å²) in [5, 5.41) is 12.2. The third-order valence-electron chi connectivity index (χ3n) is 4.87. The molecule has 0 spiro atoms. The lowest BCUT2D eigenvalue weighted by Crippen LogP contribution is -2.48. The van der Waals surface area contributed by atoms with Crippen LogP contribution in [0.4, 0.5) is 5.69 Å². The summed E-state index contributed by atoms with van der Waals surface area (Å²) >= 11 is 0. The average Bonchev–Trinajstić information content (AvgIpc) is 3.31. The summed E-state index contributed by atoms with van der Waals surface area (Å²) in [5.74, 6) is -0.802. The van der Waals surface area contributed by atoms with Crippen molar-refractivity contribution in [3.63, 3.8) is 0 Å². The van der Waals surface area contributed by atoms with Crippen molar-refractivity contribution >= 4 is 23.5 Å². The number of hydrogen-bond acceptors (Lipinski definition) is 3. The van der Waals surface area contributed by atoms with Crippen LogP contribution in [0.25, 0.3) is 0 Å². The molecule has 1 aromatic rings. The Labute approximate surface area is 140 Å². The van der Waals surface area contributed by atoms with Gasteiger partial charge in [0.15, 0.2) is 0 Å². The summed E-state index contributed by atoms with van der Waals surface area (Å²) in [5.41, 5.74) is 0.985. The minimum atomic E-state index is -0.963. The summed E-state index contributed by atoms with van der Waals surface area (Å²) < 4.78 is 0. The predicted molar refractivity (Wildman–Crippen MR) is 88.7 cm³/mol. The molecule has 1 aromatic carbocycles. The number of likely N-dealkylation sites (tertiary alicyclic amines) is 1. The van der Waals surface area contributed by atoms with E-state index in [9.17, 15) is 19.5 Å². The zero-order valence-corrected chi connectivity index (χ0v) is 13.7. The van der Waals surface area contributed by atoms with Gasteiger partial charge in [0.25, 0.3) is 5.91 Å². The molecule has 6 nitrogen and oxygen atoms in total. The molecule has 1 aliphatic heterocycles. The molecule has 0 radical (unpaired) electrons. The van der Waals surface area contributed by atoms with Crippen LogP contribution in [0.5, 0.6) is 0 Å². The first-order chi connectivity index (χ1) is 11.5. The third-order valence-corrected chi connectivity index (χ3v) is 4.87. The van der Waals surface area contributed by atoms with E-state index in [0.29, 0.717) is 30.1 Å². The lowest BCUT2D eigenvalue weighted by molar-refractivity contribution is -0.143. The number of amides is 2. The summed E-state index contributed by atoms with van der Waals surface area (Å²) in [6.07, 6.45) is 3.01. The number of carbonyl (C=O) groups excluding carboxylic acids is 2. The number of carbonyl (C=O) groups is 3. The van der Waals surface area contributed by atoms with E-state index in [0.717, 1.165) is 19.3 Å². The van der Waals surface area contributed by atoms with Crippen molar-refractivity contribution in [1.29, 1.82) is 0 Å². The van der Waals surface area contributed by atoms with Crippen LogP contribution in [0.1, 0.15) is 43.0 Å². The second-order valence-corrected chi connectivity index (χ2v) is 6.74. The number of piperidine rings is 1. The molecule has 1 aliphatic carbocycles. The van der Waals surface area contributed by atoms with E-state index >= 15 is 0 Å². The van der Waals surface area contributed by atoms with E-state index in [-0.39, 0.29) is 17.7 Å². The van der Waals surface area contributed by atoms with Gasteiger partial charge in [-0.2, -0.15) is 0 Å². The van der Waals surface area contributed by atoms with E-state index < -0.39 is 12.0 Å². The Morgan fingerprint density at radius 2 is 2.00 bits per heavy atom. The van der Waals surface area contributed by atoms with E-state index in [4.69, 9.17) is 0 Å². The fourth-order valence-electron chi connectivity index (χ4n) is 3.25. The van der Waals surface area contributed by atoms with Crippen LogP contribution >= 0.6 is 0 Å². The van der Waals surface area contributed by atoms with Crippen molar-refractivity contribution in [2.24, 2.45) is 11.8 Å². The average molecular weight is 330 g/mol. The lowest BCUT2D eigenvalue weighted by Gasteiger charge is -2.33. The second kappa shape index (κ2) is 6.63. The second-order valence-electron chi connectivity index (χ2n) is 6.74. The maximum atomic E-state index is 12.7.